The molecular weight excluding hydrogens is 588 g/mol. The van der Waals surface area contributed by atoms with Gasteiger partial charge in [0.05, 0.1) is 6.61 Å². The van der Waals surface area contributed by atoms with Gasteiger partial charge in [0, 0.05) is 17.9 Å². The lowest BCUT2D eigenvalue weighted by molar-refractivity contribution is 0.214. The molecule has 0 saturated carbocycles. The van der Waals surface area contributed by atoms with Crippen LogP contribution < -0.4 is 9.92 Å². The highest BCUT2D eigenvalue weighted by Crippen LogP contribution is 2.27. The van der Waals surface area contributed by atoms with E-state index in [1.807, 2.05) is 18.2 Å². The maximum atomic E-state index is 9.66. The summed E-state index contributed by atoms with van der Waals surface area (Å²) in [5.74, 6) is 0.997. The standard InChI is InChI=1S/C16H16Br4O3Si/c1-24(2,16-14(19)8-12(21)9-15(16)20)23-4-3-22-13-6-10(17)5-11(18)7-13/h5-9,21H,3-4H2,1-2H3. The molecule has 0 spiro atoms. The SMILES string of the molecule is C[Si](C)(OCCOc1cc(Br)cc(Br)c1)c1c(Br)cc(O)cc1Br. The van der Waals surface area contributed by atoms with Crippen LogP contribution in [0, 0.1) is 0 Å². The molecule has 0 aliphatic rings. The number of phenolic OH excluding ortho intramolecular Hbond substituents is 1. The minimum atomic E-state index is -2.15. The Hall–Kier alpha value is 0.137. The number of ether oxygens (including phenoxy) is 1. The molecule has 0 radical (unpaired) electrons. The minimum absolute atomic E-state index is 0.214. The van der Waals surface area contributed by atoms with Crippen molar-refractivity contribution < 1.29 is 14.3 Å². The number of benzene rings is 2. The molecule has 130 valence electrons. The largest absolute Gasteiger partial charge is 0.508 e. The molecule has 2 aromatic rings. The molecule has 3 nitrogen and oxygen atoms in total. The monoisotopic (exact) mass is 600 g/mol. The van der Waals surface area contributed by atoms with Gasteiger partial charge in [-0.3, -0.25) is 0 Å². The second-order valence-corrected chi connectivity index (χ2v) is 12.9. The molecule has 0 heterocycles. The zero-order valence-corrected chi connectivity index (χ0v) is 20.4. The fourth-order valence-corrected chi connectivity index (χ4v) is 9.59. The van der Waals surface area contributed by atoms with Crippen LogP contribution in [0.3, 0.4) is 0 Å². The van der Waals surface area contributed by atoms with Crippen LogP contribution in [0.25, 0.3) is 0 Å². The quantitative estimate of drug-likeness (QED) is 0.328. The highest BCUT2D eigenvalue weighted by atomic mass is 79.9. The number of phenols is 1. The van der Waals surface area contributed by atoms with Crippen molar-refractivity contribution in [2.24, 2.45) is 0 Å². The summed E-state index contributed by atoms with van der Waals surface area (Å²) in [7, 11) is -2.15. The predicted molar refractivity (Wildman–Crippen MR) is 114 cm³/mol. The number of rotatable bonds is 6. The third-order valence-electron chi connectivity index (χ3n) is 3.28. The van der Waals surface area contributed by atoms with Gasteiger partial charge in [0.15, 0.2) is 0 Å². The lowest BCUT2D eigenvalue weighted by Crippen LogP contribution is -2.47. The Kier molecular flexibility index (Phi) is 7.40. The van der Waals surface area contributed by atoms with Crippen LogP contribution >= 0.6 is 63.7 Å². The Morgan fingerprint density at radius 3 is 1.96 bits per heavy atom. The van der Waals surface area contributed by atoms with Crippen LogP contribution in [0.15, 0.2) is 48.2 Å². The van der Waals surface area contributed by atoms with E-state index in [0.717, 1.165) is 28.8 Å². The lowest BCUT2D eigenvalue weighted by atomic mass is 10.3. The lowest BCUT2D eigenvalue weighted by Gasteiger charge is -2.26. The fraction of sp³-hybridized carbons (Fsp3) is 0.250. The molecule has 2 aromatic carbocycles. The number of hydrogen-bond donors (Lipinski definition) is 1. The normalized spacial score (nSPS) is 11.6. The third kappa shape index (κ3) is 5.57. The fourth-order valence-electron chi connectivity index (χ4n) is 2.28. The molecular formula is C16H16Br4O3Si. The van der Waals surface area contributed by atoms with Gasteiger partial charge in [-0.2, -0.15) is 0 Å². The van der Waals surface area contributed by atoms with Crippen molar-refractivity contribution in [3.05, 3.63) is 48.2 Å². The number of hydrogen-bond acceptors (Lipinski definition) is 3. The van der Waals surface area contributed by atoms with E-state index in [0.29, 0.717) is 13.2 Å². The van der Waals surface area contributed by atoms with Crippen molar-refractivity contribution in [3.63, 3.8) is 0 Å². The van der Waals surface area contributed by atoms with Gasteiger partial charge >= 0.3 is 0 Å². The van der Waals surface area contributed by atoms with E-state index in [2.05, 4.69) is 76.8 Å². The molecule has 0 amide bonds. The zero-order valence-electron chi connectivity index (χ0n) is 13.1. The predicted octanol–water partition coefficient (Wildman–Crippen LogP) is 5.95. The van der Waals surface area contributed by atoms with Crippen LogP contribution in [0.2, 0.25) is 13.1 Å². The first kappa shape index (κ1) is 20.4. The maximum absolute atomic E-state index is 9.66. The maximum Gasteiger partial charge on any atom is 0.220 e. The van der Waals surface area contributed by atoms with E-state index in [1.54, 1.807) is 12.1 Å². The van der Waals surface area contributed by atoms with Gasteiger partial charge < -0.3 is 14.3 Å². The van der Waals surface area contributed by atoms with Crippen LogP contribution in [-0.4, -0.2) is 26.6 Å². The Labute approximate surface area is 176 Å². The summed E-state index contributed by atoms with van der Waals surface area (Å²) in [4.78, 5) is 0. The van der Waals surface area contributed by atoms with Crippen molar-refractivity contribution in [3.8, 4) is 11.5 Å². The smallest absolute Gasteiger partial charge is 0.220 e. The van der Waals surface area contributed by atoms with E-state index >= 15 is 0 Å². The van der Waals surface area contributed by atoms with E-state index in [9.17, 15) is 5.11 Å². The molecule has 2 rings (SSSR count). The summed E-state index contributed by atoms with van der Waals surface area (Å²) in [5, 5.41) is 10.7. The van der Waals surface area contributed by atoms with Crippen molar-refractivity contribution in [2.75, 3.05) is 13.2 Å². The molecule has 0 aliphatic heterocycles. The topological polar surface area (TPSA) is 38.7 Å². The average Bonchev–Trinajstić information content (AvgIpc) is 2.41. The Morgan fingerprint density at radius 2 is 1.42 bits per heavy atom. The molecule has 24 heavy (non-hydrogen) atoms. The van der Waals surface area contributed by atoms with Gasteiger partial charge in [0.2, 0.25) is 8.32 Å². The van der Waals surface area contributed by atoms with Gasteiger partial charge in [0.25, 0.3) is 0 Å². The van der Waals surface area contributed by atoms with Crippen LogP contribution in [0.5, 0.6) is 11.5 Å². The molecule has 0 aromatic heterocycles. The van der Waals surface area contributed by atoms with E-state index in [1.165, 1.54) is 0 Å². The van der Waals surface area contributed by atoms with Crippen molar-refractivity contribution >= 4 is 77.2 Å². The molecule has 1 N–H and O–H groups in total. The first-order chi connectivity index (χ1) is 11.2. The molecule has 0 saturated heterocycles. The summed E-state index contributed by atoms with van der Waals surface area (Å²) < 4.78 is 15.5. The Bertz CT molecular complexity index is 694. The van der Waals surface area contributed by atoms with Crippen molar-refractivity contribution in [2.45, 2.75) is 13.1 Å². The van der Waals surface area contributed by atoms with Gasteiger partial charge in [0.1, 0.15) is 18.1 Å². The van der Waals surface area contributed by atoms with E-state index in [4.69, 9.17) is 9.16 Å². The van der Waals surface area contributed by atoms with Gasteiger partial charge in [-0.05, 0) is 48.6 Å². The third-order valence-corrected chi connectivity index (χ3v) is 8.85. The average molecular weight is 604 g/mol. The molecule has 8 heteroatoms. The van der Waals surface area contributed by atoms with Gasteiger partial charge in [-0.15, -0.1) is 0 Å². The Balaban J connectivity index is 1.98. The van der Waals surface area contributed by atoms with E-state index in [-0.39, 0.29) is 5.75 Å². The molecule has 0 bridgehead atoms. The van der Waals surface area contributed by atoms with E-state index < -0.39 is 8.32 Å². The van der Waals surface area contributed by atoms with Crippen LogP contribution in [-0.2, 0) is 4.43 Å². The summed E-state index contributed by atoms with van der Waals surface area (Å²) in [6.07, 6.45) is 0. The summed E-state index contributed by atoms with van der Waals surface area (Å²) in [6.45, 7) is 5.19. The van der Waals surface area contributed by atoms with Crippen molar-refractivity contribution in [1.82, 2.24) is 0 Å². The second-order valence-electron chi connectivity index (χ2n) is 5.60. The second kappa shape index (κ2) is 8.68. The van der Waals surface area contributed by atoms with Gasteiger partial charge in [-0.25, -0.2) is 0 Å². The zero-order chi connectivity index (χ0) is 17.9. The molecule has 0 unspecified atom stereocenters. The molecule has 0 aliphatic carbocycles. The first-order valence-corrected chi connectivity index (χ1v) is 13.2. The molecule has 0 atom stereocenters. The van der Waals surface area contributed by atoms with Crippen molar-refractivity contribution in [1.29, 1.82) is 0 Å². The number of halogens is 4. The highest BCUT2D eigenvalue weighted by molar-refractivity contribution is 9.11. The highest BCUT2D eigenvalue weighted by Gasteiger charge is 2.30. The summed E-state index contributed by atoms with van der Waals surface area (Å²) in [6, 6.07) is 9.17. The number of aromatic hydroxyl groups is 1. The minimum Gasteiger partial charge on any atom is -0.508 e. The van der Waals surface area contributed by atoms with Gasteiger partial charge in [-0.1, -0.05) is 63.7 Å². The Morgan fingerprint density at radius 1 is 0.875 bits per heavy atom. The summed E-state index contributed by atoms with van der Waals surface area (Å²) >= 11 is 13.9. The summed E-state index contributed by atoms with van der Waals surface area (Å²) in [5.41, 5.74) is 0. The first-order valence-electron chi connectivity index (χ1n) is 7.10. The van der Waals surface area contributed by atoms with Crippen LogP contribution in [0.4, 0.5) is 0 Å². The van der Waals surface area contributed by atoms with Crippen LogP contribution in [0.1, 0.15) is 0 Å². The molecule has 0 fully saturated rings.